The molecule has 0 bridgehead atoms. The van der Waals surface area contributed by atoms with Gasteiger partial charge in [0.15, 0.2) is 17.2 Å². The predicted molar refractivity (Wildman–Crippen MR) is 51.0 cm³/mol. The highest BCUT2D eigenvalue weighted by molar-refractivity contribution is 6.59. The molecule has 5 nitrogen and oxygen atoms in total. The van der Waals surface area contributed by atoms with Gasteiger partial charge in [-0.1, -0.05) is 6.07 Å². The molecule has 0 radical (unpaired) electrons. The van der Waals surface area contributed by atoms with Crippen molar-refractivity contribution in [2.24, 2.45) is 0 Å². The summed E-state index contributed by atoms with van der Waals surface area (Å²) in [6, 6.07) is 2.83. The topological polar surface area (TPSA) is 79.2 Å². The smallest absolute Gasteiger partial charge is 0.492 e. The maximum absolute atomic E-state index is 9.55. The van der Waals surface area contributed by atoms with Crippen LogP contribution < -0.4 is 14.9 Å². The van der Waals surface area contributed by atoms with Crippen molar-refractivity contribution in [3.63, 3.8) is 0 Å². The number of phenolic OH excluding ortho intramolecular Hbond substituents is 1. The Balaban J connectivity index is 3.28. The fourth-order valence-corrected chi connectivity index (χ4v) is 1.15. The van der Waals surface area contributed by atoms with E-state index in [9.17, 15) is 5.11 Å². The van der Waals surface area contributed by atoms with Crippen molar-refractivity contribution in [1.29, 1.82) is 0 Å². The van der Waals surface area contributed by atoms with E-state index in [4.69, 9.17) is 19.5 Å². The molecule has 0 aromatic heterocycles. The monoisotopic (exact) mass is 198 g/mol. The van der Waals surface area contributed by atoms with Crippen LogP contribution in [0.1, 0.15) is 0 Å². The quantitative estimate of drug-likeness (QED) is 0.548. The highest BCUT2D eigenvalue weighted by Gasteiger charge is 2.21. The van der Waals surface area contributed by atoms with Crippen molar-refractivity contribution in [3.8, 4) is 17.2 Å². The lowest BCUT2D eigenvalue weighted by molar-refractivity contribution is 0.339. The van der Waals surface area contributed by atoms with E-state index >= 15 is 0 Å². The molecule has 14 heavy (non-hydrogen) atoms. The van der Waals surface area contributed by atoms with Crippen LogP contribution in [0.4, 0.5) is 0 Å². The number of aromatic hydroxyl groups is 1. The fraction of sp³-hybridized carbons (Fsp3) is 0.250. The number of phenols is 1. The van der Waals surface area contributed by atoms with Crippen LogP contribution in [0.2, 0.25) is 0 Å². The minimum absolute atomic E-state index is 0.000602. The Morgan fingerprint density at radius 3 is 2.21 bits per heavy atom. The average Bonchev–Trinajstić information content (AvgIpc) is 2.17. The van der Waals surface area contributed by atoms with Crippen LogP contribution >= 0.6 is 0 Å². The first kappa shape index (κ1) is 10.7. The highest BCUT2D eigenvalue weighted by atomic mass is 16.5. The van der Waals surface area contributed by atoms with Gasteiger partial charge in [0.1, 0.15) is 0 Å². The van der Waals surface area contributed by atoms with Gasteiger partial charge in [-0.25, -0.2) is 0 Å². The molecular formula is C8H11BO5. The summed E-state index contributed by atoms with van der Waals surface area (Å²) in [6.07, 6.45) is 0. The Hall–Kier alpha value is -1.40. The second kappa shape index (κ2) is 4.21. The summed E-state index contributed by atoms with van der Waals surface area (Å²) in [4.78, 5) is 0. The number of ether oxygens (including phenoxy) is 2. The van der Waals surface area contributed by atoms with E-state index in [0.29, 0.717) is 0 Å². The van der Waals surface area contributed by atoms with E-state index in [1.165, 1.54) is 26.4 Å². The van der Waals surface area contributed by atoms with Crippen molar-refractivity contribution in [2.75, 3.05) is 14.2 Å². The van der Waals surface area contributed by atoms with Crippen molar-refractivity contribution < 1.29 is 24.6 Å². The molecule has 0 spiro atoms. The number of rotatable bonds is 3. The molecule has 0 fully saturated rings. The van der Waals surface area contributed by atoms with Crippen LogP contribution in [0.5, 0.6) is 17.2 Å². The number of hydrogen-bond acceptors (Lipinski definition) is 5. The summed E-state index contributed by atoms with van der Waals surface area (Å²) in [5, 5.41) is 27.4. The normalized spacial score (nSPS) is 9.71. The minimum Gasteiger partial charge on any atom is -0.502 e. The van der Waals surface area contributed by atoms with Crippen LogP contribution in [-0.2, 0) is 0 Å². The molecule has 1 aromatic carbocycles. The van der Waals surface area contributed by atoms with E-state index in [1.54, 1.807) is 0 Å². The molecule has 1 rings (SSSR count). The van der Waals surface area contributed by atoms with Gasteiger partial charge in [0.05, 0.1) is 14.2 Å². The van der Waals surface area contributed by atoms with E-state index in [1.807, 2.05) is 0 Å². The standard InChI is InChI=1S/C8H11BO5/c1-13-6-4-3-5(9(11)12)8(14-2)7(6)10/h3-4,10-12H,1-2H3. The van der Waals surface area contributed by atoms with Gasteiger partial charge in [-0.3, -0.25) is 0 Å². The number of hydrogen-bond donors (Lipinski definition) is 3. The first-order chi connectivity index (χ1) is 6.61. The lowest BCUT2D eigenvalue weighted by atomic mass is 9.79. The minimum atomic E-state index is -1.69. The van der Waals surface area contributed by atoms with Crippen LogP contribution in [0.3, 0.4) is 0 Å². The van der Waals surface area contributed by atoms with Crippen LogP contribution in [0, 0.1) is 0 Å². The molecule has 0 aliphatic rings. The van der Waals surface area contributed by atoms with E-state index in [2.05, 4.69) is 0 Å². The molecular weight excluding hydrogens is 187 g/mol. The summed E-state index contributed by atoms with van der Waals surface area (Å²) < 4.78 is 9.66. The molecule has 0 aliphatic heterocycles. The Kier molecular flexibility index (Phi) is 3.21. The van der Waals surface area contributed by atoms with Crippen LogP contribution in [-0.4, -0.2) is 36.5 Å². The summed E-state index contributed by atoms with van der Waals surface area (Å²) in [5.41, 5.74) is 0.0887. The van der Waals surface area contributed by atoms with Crippen molar-refractivity contribution in [3.05, 3.63) is 12.1 Å². The summed E-state index contributed by atoms with van der Waals surface area (Å²) >= 11 is 0. The third-order valence-electron chi connectivity index (χ3n) is 1.83. The molecule has 3 N–H and O–H groups in total. The van der Waals surface area contributed by atoms with E-state index in [-0.39, 0.29) is 22.7 Å². The second-order valence-electron chi connectivity index (χ2n) is 2.61. The molecule has 76 valence electrons. The van der Waals surface area contributed by atoms with Gasteiger partial charge < -0.3 is 24.6 Å². The molecule has 0 heterocycles. The SMILES string of the molecule is COc1ccc(B(O)O)c(OC)c1O. The van der Waals surface area contributed by atoms with E-state index < -0.39 is 7.12 Å². The zero-order chi connectivity index (χ0) is 10.7. The maximum Gasteiger partial charge on any atom is 0.492 e. The largest absolute Gasteiger partial charge is 0.502 e. The zero-order valence-corrected chi connectivity index (χ0v) is 7.89. The van der Waals surface area contributed by atoms with E-state index in [0.717, 1.165) is 0 Å². The Labute approximate surface area is 81.7 Å². The Bertz CT molecular complexity index is 326. The Morgan fingerprint density at radius 2 is 1.79 bits per heavy atom. The predicted octanol–water partition coefficient (Wildman–Crippen LogP) is -0.911. The second-order valence-corrected chi connectivity index (χ2v) is 2.61. The third kappa shape index (κ3) is 1.76. The summed E-state index contributed by atoms with van der Waals surface area (Å²) in [7, 11) is 1.02. The van der Waals surface area contributed by atoms with Gasteiger partial charge in [0.2, 0.25) is 0 Å². The summed E-state index contributed by atoms with van der Waals surface area (Å²) in [5.74, 6) is -0.0359. The van der Waals surface area contributed by atoms with Gasteiger partial charge in [-0.05, 0) is 6.07 Å². The third-order valence-corrected chi connectivity index (χ3v) is 1.83. The Morgan fingerprint density at radius 1 is 1.14 bits per heavy atom. The highest BCUT2D eigenvalue weighted by Crippen LogP contribution is 2.33. The van der Waals surface area contributed by atoms with Gasteiger partial charge in [-0.2, -0.15) is 0 Å². The molecule has 1 aromatic rings. The lowest BCUT2D eigenvalue weighted by Crippen LogP contribution is -2.31. The van der Waals surface area contributed by atoms with Gasteiger partial charge in [0.25, 0.3) is 0 Å². The lowest BCUT2D eigenvalue weighted by Gasteiger charge is -2.12. The fourth-order valence-electron chi connectivity index (χ4n) is 1.15. The van der Waals surface area contributed by atoms with Crippen LogP contribution in [0.25, 0.3) is 0 Å². The van der Waals surface area contributed by atoms with Gasteiger partial charge in [0, 0.05) is 5.46 Å². The van der Waals surface area contributed by atoms with Crippen molar-refractivity contribution in [2.45, 2.75) is 0 Å². The zero-order valence-electron chi connectivity index (χ0n) is 7.89. The molecule has 0 unspecified atom stereocenters. The number of benzene rings is 1. The first-order valence-corrected chi connectivity index (χ1v) is 3.91. The molecule has 0 aliphatic carbocycles. The molecule has 0 amide bonds. The number of methoxy groups -OCH3 is 2. The van der Waals surface area contributed by atoms with Gasteiger partial charge in [-0.15, -0.1) is 0 Å². The van der Waals surface area contributed by atoms with Crippen molar-refractivity contribution in [1.82, 2.24) is 0 Å². The maximum atomic E-state index is 9.55. The summed E-state index contributed by atoms with van der Waals surface area (Å²) in [6.45, 7) is 0. The molecule has 6 heteroatoms. The molecule has 0 saturated carbocycles. The first-order valence-electron chi connectivity index (χ1n) is 3.91. The van der Waals surface area contributed by atoms with Gasteiger partial charge >= 0.3 is 7.12 Å². The van der Waals surface area contributed by atoms with Crippen LogP contribution in [0.15, 0.2) is 12.1 Å². The molecule has 0 saturated heterocycles. The van der Waals surface area contributed by atoms with Crippen molar-refractivity contribution >= 4 is 12.6 Å². The molecule has 0 atom stereocenters. The average molecular weight is 198 g/mol.